The van der Waals surface area contributed by atoms with Gasteiger partial charge in [0.1, 0.15) is 68.5 Å². The molecule has 0 aliphatic heterocycles. The predicted octanol–water partition coefficient (Wildman–Crippen LogP) is 6.00. The Hall–Kier alpha value is -8.09. The SMILES string of the molecule is CC(=O)Nc1ccc(N=Nc2cc(OCCO)c(N=Nc3c(S(=O)(=O)O)cc4cc(S(=O)(=O)O)c(N=Nc5ccc([N+](=O)[O-])c(C(=O)O)c5)c(O)c4c3O)cc2OCCO)c(C(=O)O)c1. The minimum Gasteiger partial charge on any atom is -0.505 e. The Bertz CT molecular complexity index is 3100. The first-order valence-electron chi connectivity index (χ1n) is 17.6. The van der Waals surface area contributed by atoms with E-state index in [1.165, 1.54) is 19.1 Å². The quantitative estimate of drug-likeness (QED) is 0.0210. The summed E-state index contributed by atoms with van der Waals surface area (Å²) in [7, 11) is -10.9. The highest BCUT2D eigenvalue weighted by molar-refractivity contribution is 7.86. The van der Waals surface area contributed by atoms with E-state index in [1.807, 2.05) is 0 Å². The number of hydrogen-bond acceptors (Lipinski definition) is 21. The number of aromatic carboxylic acids is 2. The van der Waals surface area contributed by atoms with E-state index in [4.69, 9.17) is 9.47 Å². The van der Waals surface area contributed by atoms with Gasteiger partial charge in [-0.15, -0.1) is 25.6 Å². The van der Waals surface area contributed by atoms with Crippen LogP contribution in [-0.4, -0.2) is 106 Å². The molecule has 29 heteroatoms. The summed E-state index contributed by atoms with van der Waals surface area (Å²) in [6.45, 7) is -0.771. The van der Waals surface area contributed by atoms with Crippen LogP contribution in [0.15, 0.2) is 101 Å². The van der Waals surface area contributed by atoms with Gasteiger partial charge in [0.05, 0.1) is 34.8 Å². The van der Waals surface area contributed by atoms with E-state index in [2.05, 4.69) is 36.0 Å². The number of nitro groups is 1. The van der Waals surface area contributed by atoms with Crippen molar-refractivity contribution in [3.8, 4) is 23.0 Å². The molecule has 0 bridgehead atoms. The van der Waals surface area contributed by atoms with Crippen molar-refractivity contribution in [2.24, 2.45) is 30.7 Å². The number of rotatable bonds is 18. The van der Waals surface area contributed by atoms with Crippen molar-refractivity contribution in [2.45, 2.75) is 16.7 Å². The zero-order valence-corrected chi connectivity index (χ0v) is 34.3. The maximum atomic E-state index is 12.7. The van der Waals surface area contributed by atoms with Gasteiger partial charge in [0.15, 0.2) is 11.5 Å². The van der Waals surface area contributed by atoms with Crippen LogP contribution in [0.25, 0.3) is 10.8 Å². The molecule has 0 atom stereocenters. The molecule has 0 saturated heterocycles. The number of benzene rings is 5. The molecule has 0 heterocycles. The zero-order chi connectivity index (χ0) is 48.0. The highest BCUT2D eigenvalue weighted by Crippen LogP contribution is 2.51. The summed E-state index contributed by atoms with van der Waals surface area (Å²) in [5.74, 6) is -6.92. The van der Waals surface area contributed by atoms with Crippen molar-refractivity contribution >= 4 is 94.4 Å². The molecule has 0 aliphatic rings. The number of phenols is 2. The lowest BCUT2D eigenvalue weighted by Gasteiger charge is -2.14. The van der Waals surface area contributed by atoms with Gasteiger partial charge in [-0.25, -0.2) is 9.59 Å². The highest BCUT2D eigenvalue weighted by Gasteiger charge is 2.29. The molecule has 0 aromatic heterocycles. The number of nitro benzene ring substituents is 1. The third-order valence-corrected chi connectivity index (χ3v) is 10.0. The summed E-state index contributed by atoms with van der Waals surface area (Å²) in [6, 6.07) is 9.11. The van der Waals surface area contributed by atoms with Gasteiger partial charge < -0.3 is 45.4 Å². The number of fused-ring (bicyclic) bond motifs is 1. The molecule has 5 aromatic carbocycles. The number of nitrogens with zero attached hydrogens (tertiary/aromatic N) is 7. The minimum atomic E-state index is -5.45. The number of carboxylic acids is 2. The summed E-state index contributed by atoms with van der Waals surface area (Å²) < 4.78 is 81.5. The molecule has 0 radical (unpaired) electrons. The van der Waals surface area contributed by atoms with Gasteiger partial charge in [-0.05, 0) is 47.9 Å². The fourth-order valence-corrected chi connectivity index (χ4v) is 6.91. The van der Waals surface area contributed by atoms with Crippen LogP contribution in [0.4, 0.5) is 45.5 Å². The van der Waals surface area contributed by atoms with Crippen molar-refractivity contribution < 1.29 is 85.4 Å². The number of hydrogen-bond donors (Lipinski definition) is 9. The standard InChI is InChI=1S/C36H30N8O19S2/c1-16(47)37-18-2-4-22(20(12-18)35(50)51)39-40-23-14-27(63-9-7-46)24(15-26(23)62-8-6-45)41-43-32-29(65(59,60)61)11-17-10-28(64(56,57)58)31(33(48)30(17)34(32)49)42-38-19-3-5-25(44(54)55)21(13-19)36(52)53/h2-5,10-15,45-46,48-49H,6-9H2,1H3,(H,37,47)(H,50,51)(H,52,53)(H,56,57,58)(H,59,60,61). The van der Waals surface area contributed by atoms with Gasteiger partial charge in [-0.1, -0.05) is 0 Å². The summed E-state index contributed by atoms with van der Waals surface area (Å²) >= 11 is 0. The van der Waals surface area contributed by atoms with E-state index >= 15 is 0 Å². The Morgan fingerprint density at radius 2 is 1.17 bits per heavy atom. The molecule has 0 aliphatic carbocycles. The van der Waals surface area contributed by atoms with Crippen LogP contribution in [0, 0.1) is 10.1 Å². The number of phenolic OH excluding ortho intramolecular Hbond substituents is 2. The van der Waals surface area contributed by atoms with Crippen molar-refractivity contribution in [3.63, 3.8) is 0 Å². The van der Waals surface area contributed by atoms with Gasteiger partial charge in [0.25, 0.3) is 25.9 Å². The zero-order valence-electron chi connectivity index (χ0n) is 32.6. The maximum absolute atomic E-state index is 12.7. The number of carbonyl (C=O) groups is 3. The molecule has 0 unspecified atom stereocenters. The third kappa shape index (κ3) is 11.1. The first-order valence-corrected chi connectivity index (χ1v) is 20.5. The van der Waals surface area contributed by atoms with Crippen LogP contribution >= 0.6 is 0 Å². The molecule has 0 saturated carbocycles. The van der Waals surface area contributed by atoms with Gasteiger partial charge in [-0.2, -0.15) is 21.9 Å². The Kier molecular flexibility index (Phi) is 14.4. The smallest absolute Gasteiger partial charge is 0.342 e. The van der Waals surface area contributed by atoms with Crippen molar-refractivity contribution in [3.05, 3.63) is 81.9 Å². The number of azo groups is 3. The molecule has 5 rings (SSSR count). The lowest BCUT2D eigenvalue weighted by atomic mass is 10.1. The fraction of sp³-hybridized carbons (Fsp3) is 0.139. The number of ether oxygens (including phenoxy) is 2. The number of aliphatic hydroxyl groups is 2. The summed E-state index contributed by atoms with van der Waals surface area (Å²) in [5, 5.41) is 95.9. The monoisotopic (exact) mass is 942 g/mol. The second kappa shape index (κ2) is 19.5. The highest BCUT2D eigenvalue weighted by atomic mass is 32.2. The van der Waals surface area contributed by atoms with E-state index in [1.54, 1.807) is 0 Å². The van der Waals surface area contributed by atoms with Crippen LogP contribution in [0.1, 0.15) is 27.6 Å². The van der Waals surface area contributed by atoms with Crippen LogP contribution in [-0.2, 0) is 25.0 Å². The normalized spacial score (nSPS) is 12.0. The van der Waals surface area contributed by atoms with Gasteiger partial charge in [-0.3, -0.25) is 24.0 Å². The number of nitrogens with one attached hydrogen (secondary N) is 1. The number of anilines is 1. The van der Waals surface area contributed by atoms with Gasteiger partial charge in [0, 0.05) is 30.8 Å². The molecule has 1 amide bonds. The number of carboxylic acid groups (broad SMARTS) is 2. The predicted molar refractivity (Wildman–Crippen MR) is 219 cm³/mol. The summed E-state index contributed by atoms with van der Waals surface area (Å²) in [5.41, 5.74) is -5.52. The second-order valence-corrected chi connectivity index (χ2v) is 15.5. The van der Waals surface area contributed by atoms with Crippen LogP contribution in [0.2, 0.25) is 0 Å². The Morgan fingerprint density at radius 1 is 0.677 bits per heavy atom. The molecule has 0 spiro atoms. The molecule has 65 heavy (non-hydrogen) atoms. The lowest BCUT2D eigenvalue weighted by Crippen LogP contribution is -2.07. The maximum Gasteiger partial charge on any atom is 0.342 e. The Balaban J connectivity index is 1.71. The van der Waals surface area contributed by atoms with E-state index < -0.39 is 135 Å². The first kappa shape index (κ1) is 48.0. The van der Waals surface area contributed by atoms with Gasteiger partial charge in [0.2, 0.25) is 5.91 Å². The fourth-order valence-electron chi connectivity index (χ4n) is 5.60. The summed E-state index contributed by atoms with van der Waals surface area (Å²) in [4.78, 5) is 42.9. The lowest BCUT2D eigenvalue weighted by molar-refractivity contribution is -0.385. The van der Waals surface area contributed by atoms with E-state index in [0.29, 0.717) is 18.2 Å². The molecular weight excluding hydrogens is 913 g/mol. The van der Waals surface area contributed by atoms with E-state index in [0.717, 1.165) is 30.3 Å². The third-order valence-electron chi connectivity index (χ3n) is 8.29. The Labute approximate surface area is 362 Å². The average molecular weight is 943 g/mol. The number of carbonyl (C=O) groups excluding carboxylic acids is 1. The van der Waals surface area contributed by atoms with E-state index in [-0.39, 0.29) is 34.1 Å². The number of aromatic hydroxyl groups is 2. The molecule has 0 fully saturated rings. The number of amides is 1. The average Bonchev–Trinajstić information content (AvgIpc) is 3.22. The molecular formula is C36H30N8O19S2. The molecule has 9 N–H and O–H groups in total. The van der Waals surface area contributed by atoms with Crippen LogP contribution in [0.3, 0.4) is 0 Å². The second-order valence-electron chi connectivity index (χ2n) is 12.7. The van der Waals surface area contributed by atoms with Crippen molar-refractivity contribution in [1.82, 2.24) is 0 Å². The van der Waals surface area contributed by atoms with Crippen LogP contribution in [0.5, 0.6) is 23.0 Å². The van der Waals surface area contributed by atoms with Gasteiger partial charge >= 0.3 is 11.9 Å². The summed E-state index contributed by atoms with van der Waals surface area (Å²) in [6.07, 6.45) is 0. The number of aliphatic hydroxyl groups excluding tert-OH is 2. The first-order chi connectivity index (χ1) is 30.5. The Morgan fingerprint density at radius 3 is 1.63 bits per heavy atom. The van der Waals surface area contributed by atoms with E-state index in [9.17, 15) is 81.1 Å². The minimum absolute atomic E-state index is 0.131. The van der Waals surface area contributed by atoms with Crippen LogP contribution < -0.4 is 14.8 Å². The topological polar surface area (TPSA) is 429 Å². The molecule has 5 aromatic rings. The largest absolute Gasteiger partial charge is 0.505 e. The van der Waals surface area contributed by atoms with Crippen molar-refractivity contribution in [1.29, 1.82) is 0 Å². The molecule has 27 nitrogen and oxygen atoms in total. The molecule has 340 valence electrons. The van der Waals surface area contributed by atoms with Crippen molar-refractivity contribution in [2.75, 3.05) is 31.7 Å².